The SMILES string of the molecule is O=C([O-])O.[Na+].[O-2].[Zn+2]. The summed E-state index contributed by atoms with van der Waals surface area (Å²) in [5.41, 5.74) is 0. The zero-order valence-corrected chi connectivity index (χ0v) is 8.85. The smallest absolute Gasteiger partial charge is 2.00 e. The van der Waals surface area contributed by atoms with Gasteiger partial charge >= 0.3 is 49.0 Å². The standard InChI is InChI=1S/CH2O3.Na.O.Zn/c2-1(3)4;;;/h(H2,2,3,4);;;/q;+1;-2;+2/p-1. The van der Waals surface area contributed by atoms with Crippen molar-refractivity contribution in [2.45, 2.75) is 0 Å². The molecule has 0 aromatic heterocycles. The summed E-state index contributed by atoms with van der Waals surface area (Å²) in [6, 6.07) is 0. The van der Waals surface area contributed by atoms with Gasteiger partial charge in [0.1, 0.15) is 0 Å². The van der Waals surface area contributed by atoms with Crippen molar-refractivity contribution in [1.82, 2.24) is 0 Å². The van der Waals surface area contributed by atoms with Gasteiger partial charge in [-0.05, 0) is 0 Å². The predicted molar refractivity (Wildman–Crippen MR) is 8.71 cm³/mol. The second-order valence-corrected chi connectivity index (χ2v) is 0.266. The van der Waals surface area contributed by atoms with Gasteiger partial charge in [-0.3, -0.25) is 0 Å². The summed E-state index contributed by atoms with van der Waals surface area (Å²) in [5.74, 6) is 0. The monoisotopic (exact) mass is 164 g/mol. The maximum Gasteiger partial charge on any atom is 2.00 e. The molecule has 0 aliphatic heterocycles. The van der Waals surface area contributed by atoms with E-state index in [9.17, 15) is 0 Å². The zero-order chi connectivity index (χ0) is 3.58. The summed E-state index contributed by atoms with van der Waals surface area (Å²) < 4.78 is 0. The second kappa shape index (κ2) is 15.8. The van der Waals surface area contributed by atoms with Crippen LogP contribution in [0.2, 0.25) is 0 Å². The molecule has 0 atom stereocenters. The number of hydrogen-bond acceptors (Lipinski definition) is 2. The third kappa shape index (κ3) is 222. The van der Waals surface area contributed by atoms with Gasteiger partial charge < -0.3 is 20.5 Å². The Bertz CT molecular complexity index is 34.7. The van der Waals surface area contributed by atoms with E-state index < -0.39 is 6.16 Å². The molecule has 6 heteroatoms. The number of carbonyl (C=O) groups is 1. The van der Waals surface area contributed by atoms with Gasteiger partial charge in [0.15, 0.2) is 0 Å². The maximum atomic E-state index is 8.44. The van der Waals surface area contributed by atoms with Crippen LogP contribution in [0.25, 0.3) is 0 Å². The molecular weight excluding hydrogens is 164 g/mol. The van der Waals surface area contributed by atoms with E-state index in [-0.39, 0.29) is 54.5 Å². The molecule has 0 aromatic carbocycles. The quantitative estimate of drug-likeness (QED) is 0.369. The summed E-state index contributed by atoms with van der Waals surface area (Å²) in [6.07, 6.45) is -2.08. The van der Waals surface area contributed by atoms with E-state index in [1.54, 1.807) is 0 Å². The molecular formula is CHNaO4Zn. The largest absolute Gasteiger partial charge is 2.00 e. The van der Waals surface area contributed by atoms with Crippen LogP contribution < -0.4 is 34.7 Å². The molecule has 0 saturated heterocycles. The van der Waals surface area contributed by atoms with Crippen LogP contribution in [0.1, 0.15) is 0 Å². The maximum absolute atomic E-state index is 8.44. The summed E-state index contributed by atoms with van der Waals surface area (Å²) in [6.45, 7) is 0. The fourth-order valence-corrected chi connectivity index (χ4v) is 0. The fraction of sp³-hybridized carbons (Fsp3) is 0. The van der Waals surface area contributed by atoms with Crippen LogP contribution >= 0.6 is 0 Å². The zero-order valence-electron chi connectivity index (χ0n) is 3.88. The number of hydrogen-bond donors (Lipinski definition) is 1. The summed E-state index contributed by atoms with van der Waals surface area (Å²) in [4.78, 5) is 8.44. The van der Waals surface area contributed by atoms with Gasteiger partial charge in [-0.25, -0.2) is 0 Å². The van der Waals surface area contributed by atoms with E-state index in [4.69, 9.17) is 15.0 Å². The summed E-state index contributed by atoms with van der Waals surface area (Å²) in [7, 11) is 0. The molecule has 4 nitrogen and oxygen atoms in total. The van der Waals surface area contributed by atoms with Crippen LogP contribution in [-0.2, 0) is 25.0 Å². The Morgan fingerprint density at radius 2 is 1.57 bits per heavy atom. The number of rotatable bonds is 0. The molecule has 0 radical (unpaired) electrons. The first-order valence-electron chi connectivity index (χ1n) is 0.632. The Morgan fingerprint density at radius 3 is 1.57 bits per heavy atom. The van der Waals surface area contributed by atoms with Crippen LogP contribution in [0.5, 0.6) is 0 Å². The molecule has 0 aromatic rings. The van der Waals surface area contributed by atoms with Crippen LogP contribution in [0.15, 0.2) is 0 Å². The molecule has 0 spiro atoms. The van der Waals surface area contributed by atoms with Crippen molar-refractivity contribution in [1.29, 1.82) is 0 Å². The van der Waals surface area contributed by atoms with Crippen molar-refractivity contribution in [3.63, 3.8) is 0 Å². The van der Waals surface area contributed by atoms with Crippen LogP contribution in [0.4, 0.5) is 4.79 Å². The molecule has 1 N–H and O–H groups in total. The second-order valence-electron chi connectivity index (χ2n) is 0.266. The Labute approximate surface area is 75.3 Å². The molecule has 0 amide bonds. The topological polar surface area (TPSA) is 88.9 Å². The van der Waals surface area contributed by atoms with Gasteiger partial charge in [-0.2, -0.15) is 0 Å². The average molecular weight is 165 g/mol. The first-order chi connectivity index (χ1) is 1.73. The van der Waals surface area contributed by atoms with Gasteiger partial charge in [-0.15, -0.1) is 0 Å². The van der Waals surface area contributed by atoms with E-state index in [2.05, 4.69) is 0 Å². The molecule has 0 unspecified atom stereocenters. The molecule has 7 heavy (non-hydrogen) atoms. The average Bonchev–Trinajstić information content (AvgIpc) is 0.811. The van der Waals surface area contributed by atoms with E-state index in [1.165, 1.54) is 0 Å². The predicted octanol–water partition coefficient (Wildman–Crippen LogP) is -4.23. The first-order valence-corrected chi connectivity index (χ1v) is 0.632. The van der Waals surface area contributed by atoms with Crippen molar-refractivity contribution < 1.29 is 69.5 Å². The molecule has 0 rings (SSSR count). The molecule has 0 saturated carbocycles. The Morgan fingerprint density at radius 1 is 1.57 bits per heavy atom. The molecule has 0 heterocycles. The molecule has 0 fully saturated rings. The molecule has 0 aliphatic carbocycles. The van der Waals surface area contributed by atoms with Crippen LogP contribution in [0, 0.1) is 0 Å². The van der Waals surface area contributed by atoms with Crippen molar-refractivity contribution >= 4 is 6.16 Å². The van der Waals surface area contributed by atoms with Gasteiger partial charge in [0.2, 0.25) is 6.16 Å². The van der Waals surface area contributed by atoms with Crippen molar-refractivity contribution in [3.05, 3.63) is 0 Å². The number of carboxylic acid groups (broad SMARTS) is 2. The van der Waals surface area contributed by atoms with Gasteiger partial charge in [0.05, 0.1) is 0 Å². The minimum atomic E-state index is -2.08. The third-order valence-corrected chi connectivity index (χ3v) is 0. The first kappa shape index (κ1) is 24.8. The van der Waals surface area contributed by atoms with Gasteiger partial charge in [0, 0.05) is 0 Å². The van der Waals surface area contributed by atoms with Gasteiger partial charge in [-0.1, -0.05) is 0 Å². The Balaban J connectivity index is -0.0000000150. The van der Waals surface area contributed by atoms with Crippen LogP contribution in [-0.4, -0.2) is 11.3 Å². The van der Waals surface area contributed by atoms with Crippen molar-refractivity contribution in [3.8, 4) is 0 Å². The fourth-order valence-electron chi connectivity index (χ4n) is 0. The Hall–Kier alpha value is 0.853. The molecule has 0 bridgehead atoms. The van der Waals surface area contributed by atoms with E-state index in [0.29, 0.717) is 0 Å². The van der Waals surface area contributed by atoms with Crippen molar-refractivity contribution in [2.75, 3.05) is 0 Å². The van der Waals surface area contributed by atoms with Gasteiger partial charge in [0.25, 0.3) is 0 Å². The van der Waals surface area contributed by atoms with E-state index >= 15 is 0 Å². The summed E-state index contributed by atoms with van der Waals surface area (Å²) in [5, 5.41) is 15.3. The summed E-state index contributed by atoms with van der Waals surface area (Å²) >= 11 is 0. The minimum Gasteiger partial charge on any atom is -2.00 e. The third-order valence-electron chi connectivity index (χ3n) is 0. The van der Waals surface area contributed by atoms with Crippen molar-refractivity contribution in [2.24, 2.45) is 0 Å². The normalized spacial score (nSPS) is 3.43. The van der Waals surface area contributed by atoms with E-state index in [0.717, 1.165) is 0 Å². The van der Waals surface area contributed by atoms with Crippen LogP contribution in [0.3, 0.4) is 0 Å². The Kier molecular flexibility index (Phi) is 56.1. The van der Waals surface area contributed by atoms with E-state index in [1.807, 2.05) is 0 Å². The molecule has 32 valence electrons. The minimum absolute atomic E-state index is 0. The molecule has 0 aliphatic rings.